The number of carbonyl (C=O) groups excluding carboxylic acids is 1. The zero-order valence-corrected chi connectivity index (χ0v) is 12.5. The van der Waals surface area contributed by atoms with E-state index < -0.39 is 0 Å². The van der Waals surface area contributed by atoms with E-state index >= 15 is 0 Å². The van der Waals surface area contributed by atoms with Crippen LogP contribution < -0.4 is 0 Å². The van der Waals surface area contributed by atoms with Crippen molar-refractivity contribution in [2.75, 3.05) is 6.54 Å². The van der Waals surface area contributed by atoms with Gasteiger partial charge in [0.2, 0.25) is 0 Å². The summed E-state index contributed by atoms with van der Waals surface area (Å²) in [6.45, 7) is 3.12. The standard InChI is InChI=1S/C13H18BrNOS/c1-2-5-11-6-3-4-7-15(11)13(16)10-8-12(14)17-9-10/h8-9,11H,2-7H2,1H3. The Morgan fingerprint density at radius 2 is 2.41 bits per heavy atom. The van der Waals surface area contributed by atoms with Gasteiger partial charge < -0.3 is 4.90 Å². The highest BCUT2D eigenvalue weighted by Gasteiger charge is 2.27. The molecule has 0 bridgehead atoms. The van der Waals surface area contributed by atoms with Gasteiger partial charge in [-0.15, -0.1) is 11.3 Å². The first-order valence-corrected chi connectivity index (χ1v) is 7.94. The molecular formula is C13H18BrNOS. The van der Waals surface area contributed by atoms with Gasteiger partial charge >= 0.3 is 0 Å². The molecule has 0 spiro atoms. The molecule has 1 unspecified atom stereocenters. The van der Waals surface area contributed by atoms with Crippen LogP contribution in [0.3, 0.4) is 0 Å². The summed E-state index contributed by atoms with van der Waals surface area (Å²) in [6.07, 6.45) is 5.88. The average Bonchev–Trinajstić information content (AvgIpc) is 2.76. The number of rotatable bonds is 3. The van der Waals surface area contributed by atoms with E-state index in [2.05, 4.69) is 27.8 Å². The summed E-state index contributed by atoms with van der Waals surface area (Å²) in [5.41, 5.74) is 0.838. The SMILES string of the molecule is CCCC1CCCCN1C(=O)c1csc(Br)c1. The van der Waals surface area contributed by atoms with Crippen molar-refractivity contribution in [2.45, 2.75) is 45.1 Å². The smallest absolute Gasteiger partial charge is 0.254 e. The van der Waals surface area contributed by atoms with Crippen LogP contribution in [0.4, 0.5) is 0 Å². The van der Waals surface area contributed by atoms with Crippen molar-refractivity contribution in [1.82, 2.24) is 4.90 Å². The zero-order chi connectivity index (χ0) is 12.3. The first-order chi connectivity index (χ1) is 8.22. The summed E-state index contributed by atoms with van der Waals surface area (Å²) >= 11 is 5.00. The van der Waals surface area contributed by atoms with E-state index in [1.807, 2.05) is 11.4 Å². The van der Waals surface area contributed by atoms with Crippen molar-refractivity contribution < 1.29 is 4.79 Å². The molecule has 0 radical (unpaired) electrons. The molecule has 1 aliphatic heterocycles. The van der Waals surface area contributed by atoms with Crippen molar-refractivity contribution in [2.24, 2.45) is 0 Å². The van der Waals surface area contributed by atoms with Crippen LogP contribution in [0.25, 0.3) is 0 Å². The van der Waals surface area contributed by atoms with Crippen LogP contribution in [-0.4, -0.2) is 23.4 Å². The number of thiophene rings is 1. The van der Waals surface area contributed by atoms with Gasteiger partial charge in [-0.2, -0.15) is 0 Å². The van der Waals surface area contributed by atoms with E-state index in [0.717, 1.165) is 35.2 Å². The van der Waals surface area contributed by atoms with E-state index in [9.17, 15) is 4.79 Å². The predicted molar refractivity (Wildman–Crippen MR) is 75.6 cm³/mol. The fourth-order valence-corrected chi connectivity index (χ4v) is 3.62. The summed E-state index contributed by atoms with van der Waals surface area (Å²) in [5.74, 6) is 0.213. The highest BCUT2D eigenvalue weighted by Crippen LogP contribution is 2.26. The van der Waals surface area contributed by atoms with Crippen LogP contribution in [-0.2, 0) is 0 Å². The largest absolute Gasteiger partial charge is 0.336 e. The fourth-order valence-electron chi connectivity index (χ4n) is 2.49. The summed E-state index contributed by atoms with van der Waals surface area (Å²) in [4.78, 5) is 14.5. The molecule has 94 valence electrons. The maximum absolute atomic E-state index is 12.4. The number of hydrogen-bond donors (Lipinski definition) is 0. The van der Waals surface area contributed by atoms with Gasteiger partial charge in [-0.25, -0.2) is 0 Å². The normalized spacial score (nSPS) is 20.6. The summed E-state index contributed by atoms with van der Waals surface area (Å²) in [7, 11) is 0. The summed E-state index contributed by atoms with van der Waals surface area (Å²) in [5, 5.41) is 1.95. The molecule has 1 saturated heterocycles. The molecule has 0 saturated carbocycles. The van der Waals surface area contributed by atoms with Gasteiger partial charge in [0.1, 0.15) is 0 Å². The Kier molecular flexibility index (Phi) is 4.62. The minimum absolute atomic E-state index is 0.213. The van der Waals surface area contributed by atoms with Crippen LogP contribution in [0, 0.1) is 0 Å². The maximum atomic E-state index is 12.4. The Morgan fingerprint density at radius 1 is 1.59 bits per heavy atom. The molecule has 2 heterocycles. The first-order valence-electron chi connectivity index (χ1n) is 6.27. The van der Waals surface area contributed by atoms with Crippen molar-refractivity contribution in [1.29, 1.82) is 0 Å². The summed E-state index contributed by atoms with van der Waals surface area (Å²) in [6, 6.07) is 2.39. The maximum Gasteiger partial charge on any atom is 0.254 e. The molecule has 0 aliphatic carbocycles. The van der Waals surface area contributed by atoms with E-state index in [4.69, 9.17) is 0 Å². The number of hydrogen-bond acceptors (Lipinski definition) is 2. The second-order valence-corrected chi connectivity index (χ2v) is 6.87. The van der Waals surface area contributed by atoms with Gasteiger partial charge in [-0.3, -0.25) is 4.79 Å². The molecular weight excluding hydrogens is 298 g/mol. The quantitative estimate of drug-likeness (QED) is 0.814. The third-order valence-corrected chi connectivity index (χ3v) is 4.83. The number of halogens is 1. The Bertz CT molecular complexity index is 389. The van der Waals surface area contributed by atoms with Crippen LogP contribution >= 0.6 is 27.3 Å². The number of amides is 1. The molecule has 2 rings (SSSR count). The third kappa shape index (κ3) is 3.10. The van der Waals surface area contributed by atoms with Crippen LogP contribution in [0.1, 0.15) is 49.4 Å². The second-order valence-electron chi connectivity index (χ2n) is 4.58. The van der Waals surface area contributed by atoms with Crippen molar-refractivity contribution in [3.63, 3.8) is 0 Å². The van der Waals surface area contributed by atoms with Crippen molar-refractivity contribution in [3.8, 4) is 0 Å². The van der Waals surface area contributed by atoms with Gasteiger partial charge in [0.25, 0.3) is 5.91 Å². The molecule has 0 N–H and O–H groups in total. The molecule has 1 aromatic heterocycles. The molecule has 1 aliphatic rings. The van der Waals surface area contributed by atoms with Crippen LogP contribution in [0.15, 0.2) is 15.2 Å². The molecule has 17 heavy (non-hydrogen) atoms. The van der Waals surface area contributed by atoms with E-state index in [0.29, 0.717) is 6.04 Å². The molecule has 2 nitrogen and oxygen atoms in total. The van der Waals surface area contributed by atoms with Crippen molar-refractivity contribution >= 4 is 33.2 Å². The molecule has 1 fully saturated rings. The lowest BCUT2D eigenvalue weighted by atomic mass is 9.97. The van der Waals surface area contributed by atoms with Gasteiger partial charge in [0, 0.05) is 18.0 Å². The minimum Gasteiger partial charge on any atom is -0.336 e. The Balaban J connectivity index is 2.10. The number of carbonyl (C=O) groups is 1. The second kappa shape index (κ2) is 6.01. The molecule has 1 aromatic rings. The lowest BCUT2D eigenvalue weighted by molar-refractivity contribution is 0.0601. The average molecular weight is 316 g/mol. The van der Waals surface area contributed by atoms with Crippen molar-refractivity contribution in [3.05, 3.63) is 20.8 Å². The lowest BCUT2D eigenvalue weighted by Crippen LogP contribution is -2.43. The first kappa shape index (κ1) is 13.1. The topological polar surface area (TPSA) is 20.3 Å². The van der Waals surface area contributed by atoms with Crippen LogP contribution in [0.5, 0.6) is 0 Å². The van der Waals surface area contributed by atoms with Crippen LogP contribution in [0.2, 0.25) is 0 Å². The zero-order valence-electron chi connectivity index (χ0n) is 10.1. The Labute approximate surface area is 115 Å². The number of likely N-dealkylation sites (tertiary alicyclic amines) is 1. The third-order valence-electron chi connectivity index (χ3n) is 3.32. The van der Waals surface area contributed by atoms with Gasteiger partial charge in [0.05, 0.1) is 9.35 Å². The van der Waals surface area contributed by atoms with E-state index in [-0.39, 0.29) is 5.91 Å². The lowest BCUT2D eigenvalue weighted by Gasteiger charge is -2.35. The van der Waals surface area contributed by atoms with E-state index in [1.165, 1.54) is 12.8 Å². The predicted octanol–water partition coefficient (Wildman–Crippen LogP) is 4.31. The van der Waals surface area contributed by atoms with Gasteiger partial charge in [-0.1, -0.05) is 13.3 Å². The monoisotopic (exact) mass is 315 g/mol. The highest BCUT2D eigenvalue weighted by molar-refractivity contribution is 9.11. The molecule has 0 aromatic carbocycles. The fraction of sp³-hybridized carbons (Fsp3) is 0.615. The molecule has 1 atom stereocenters. The van der Waals surface area contributed by atoms with Gasteiger partial charge in [-0.05, 0) is 47.7 Å². The molecule has 4 heteroatoms. The van der Waals surface area contributed by atoms with Gasteiger partial charge in [0.15, 0.2) is 0 Å². The van der Waals surface area contributed by atoms with E-state index in [1.54, 1.807) is 11.3 Å². The summed E-state index contributed by atoms with van der Waals surface area (Å²) < 4.78 is 1.03. The highest BCUT2D eigenvalue weighted by atomic mass is 79.9. The Morgan fingerprint density at radius 3 is 3.06 bits per heavy atom. The molecule has 1 amide bonds. The Hall–Kier alpha value is -0.350. The number of nitrogens with zero attached hydrogens (tertiary/aromatic N) is 1. The minimum atomic E-state index is 0.213. The number of piperidine rings is 1.